The van der Waals surface area contributed by atoms with Crippen molar-refractivity contribution in [2.75, 3.05) is 34.9 Å². The molecule has 1 aromatic heterocycles. The van der Waals surface area contributed by atoms with Gasteiger partial charge in [-0.1, -0.05) is 25.1 Å². The number of aryl methyl sites for hydroxylation is 2. The highest BCUT2D eigenvalue weighted by Gasteiger charge is 2.16. The molecular formula is C21H33IN4O4. The van der Waals surface area contributed by atoms with E-state index >= 15 is 0 Å². The van der Waals surface area contributed by atoms with Gasteiger partial charge in [0.2, 0.25) is 5.75 Å². The summed E-state index contributed by atoms with van der Waals surface area (Å²) in [7, 11) is 6.59. The molecule has 0 atom stereocenters. The lowest BCUT2D eigenvalue weighted by molar-refractivity contribution is 0.322. The van der Waals surface area contributed by atoms with Gasteiger partial charge in [0, 0.05) is 37.7 Å². The van der Waals surface area contributed by atoms with Gasteiger partial charge in [0.05, 0.1) is 27.0 Å². The molecule has 2 N–H and O–H groups in total. The average Bonchev–Trinajstić information content (AvgIpc) is 3.17. The maximum atomic E-state index is 5.55. The van der Waals surface area contributed by atoms with Crippen molar-refractivity contribution in [3.8, 4) is 17.2 Å². The van der Waals surface area contributed by atoms with E-state index in [0.717, 1.165) is 47.8 Å². The van der Waals surface area contributed by atoms with E-state index in [1.165, 1.54) is 0 Å². The van der Waals surface area contributed by atoms with Crippen LogP contribution in [-0.4, -0.2) is 46.0 Å². The fourth-order valence-electron chi connectivity index (χ4n) is 3.21. The molecular weight excluding hydrogens is 499 g/mol. The Bertz CT molecular complexity index is 802. The molecule has 168 valence electrons. The van der Waals surface area contributed by atoms with Gasteiger partial charge in [0.15, 0.2) is 17.5 Å². The zero-order valence-electron chi connectivity index (χ0n) is 18.6. The molecule has 1 heterocycles. The Kier molecular flexibility index (Phi) is 11.4. The molecule has 9 heteroatoms. The molecule has 2 rings (SSSR count). The normalized spacial score (nSPS) is 10.9. The van der Waals surface area contributed by atoms with Crippen molar-refractivity contribution in [2.45, 2.75) is 39.7 Å². The molecule has 0 aliphatic rings. The maximum absolute atomic E-state index is 5.55. The van der Waals surface area contributed by atoms with Gasteiger partial charge in [-0.25, -0.2) is 0 Å². The number of rotatable bonds is 10. The van der Waals surface area contributed by atoms with Crippen molar-refractivity contribution in [3.63, 3.8) is 0 Å². The predicted molar refractivity (Wildman–Crippen MR) is 129 cm³/mol. The minimum Gasteiger partial charge on any atom is -0.493 e. The van der Waals surface area contributed by atoms with Crippen LogP contribution >= 0.6 is 24.0 Å². The highest BCUT2D eigenvalue weighted by atomic mass is 127. The second-order valence-corrected chi connectivity index (χ2v) is 6.33. The number of hydrogen-bond acceptors (Lipinski definition) is 6. The topological polar surface area (TPSA) is 90.1 Å². The Morgan fingerprint density at radius 2 is 1.77 bits per heavy atom. The molecule has 0 unspecified atom stereocenters. The van der Waals surface area contributed by atoms with E-state index in [1.807, 2.05) is 12.1 Å². The van der Waals surface area contributed by atoms with E-state index in [1.54, 1.807) is 28.4 Å². The van der Waals surface area contributed by atoms with Gasteiger partial charge in [-0.05, 0) is 18.9 Å². The van der Waals surface area contributed by atoms with E-state index in [4.69, 9.17) is 18.7 Å². The van der Waals surface area contributed by atoms with Gasteiger partial charge in [-0.3, -0.25) is 4.99 Å². The highest BCUT2D eigenvalue weighted by Crippen LogP contribution is 2.39. The molecule has 0 bridgehead atoms. The minimum absolute atomic E-state index is 0. The molecule has 0 aliphatic heterocycles. The number of halogens is 1. The van der Waals surface area contributed by atoms with Crippen LogP contribution in [0.2, 0.25) is 0 Å². The fraction of sp³-hybridized carbons (Fsp3) is 0.524. The predicted octanol–water partition coefficient (Wildman–Crippen LogP) is 3.35. The average molecular weight is 532 g/mol. The molecule has 0 spiro atoms. The summed E-state index contributed by atoms with van der Waals surface area (Å²) in [6, 6.07) is 3.87. The van der Waals surface area contributed by atoms with E-state index in [9.17, 15) is 0 Å². The quantitative estimate of drug-likeness (QED) is 0.276. The Morgan fingerprint density at radius 3 is 2.33 bits per heavy atom. The molecule has 0 aliphatic carbocycles. The number of ether oxygens (including phenoxy) is 3. The summed E-state index contributed by atoms with van der Waals surface area (Å²) >= 11 is 0. The lowest BCUT2D eigenvalue weighted by Crippen LogP contribution is -2.38. The van der Waals surface area contributed by atoms with Crippen LogP contribution in [0.15, 0.2) is 21.6 Å². The van der Waals surface area contributed by atoms with Crippen LogP contribution in [0.5, 0.6) is 17.2 Å². The van der Waals surface area contributed by atoms with E-state index in [-0.39, 0.29) is 24.0 Å². The number of aliphatic imine (C=N–C) groups is 1. The SMILES string of the molecule is CCc1noc(CC)c1CNC(=NC)NCCc1ccc(OC)c(OC)c1OC.I. The Labute approximate surface area is 195 Å². The third kappa shape index (κ3) is 6.16. The van der Waals surface area contributed by atoms with E-state index < -0.39 is 0 Å². The van der Waals surface area contributed by atoms with Crippen LogP contribution < -0.4 is 24.8 Å². The second kappa shape index (κ2) is 13.2. The second-order valence-electron chi connectivity index (χ2n) is 6.33. The Morgan fingerprint density at radius 1 is 1.03 bits per heavy atom. The number of aromatic nitrogens is 1. The van der Waals surface area contributed by atoms with Gasteiger partial charge in [0.1, 0.15) is 5.76 Å². The van der Waals surface area contributed by atoms with Crippen LogP contribution in [0, 0.1) is 0 Å². The van der Waals surface area contributed by atoms with Crippen LogP contribution in [-0.2, 0) is 25.8 Å². The number of hydrogen-bond donors (Lipinski definition) is 2. The Hall–Kier alpha value is -2.17. The number of benzene rings is 1. The van der Waals surface area contributed by atoms with Crippen LogP contribution in [0.1, 0.15) is 36.4 Å². The number of methoxy groups -OCH3 is 3. The molecule has 1 aromatic carbocycles. The van der Waals surface area contributed by atoms with Crippen LogP contribution in [0.25, 0.3) is 0 Å². The zero-order valence-corrected chi connectivity index (χ0v) is 21.0. The summed E-state index contributed by atoms with van der Waals surface area (Å²) in [5, 5.41) is 10.8. The maximum Gasteiger partial charge on any atom is 0.203 e. The first-order chi connectivity index (χ1) is 14.1. The molecule has 30 heavy (non-hydrogen) atoms. The largest absolute Gasteiger partial charge is 0.493 e. The highest BCUT2D eigenvalue weighted by molar-refractivity contribution is 14.0. The lowest BCUT2D eigenvalue weighted by Gasteiger charge is -2.16. The third-order valence-corrected chi connectivity index (χ3v) is 4.74. The van der Waals surface area contributed by atoms with Gasteiger partial charge in [-0.2, -0.15) is 0 Å². The first kappa shape index (κ1) is 25.9. The molecule has 0 radical (unpaired) electrons. The standard InChI is InChI=1S/C21H32N4O4.HI/c1-7-16-15(17(8-2)29-25-16)13-24-21(22-3)23-12-11-14-9-10-18(26-4)20(28-6)19(14)27-5;/h9-10H,7-8,11-13H2,1-6H3,(H2,22,23,24);1H. The number of nitrogens with one attached hydrogen (secondary N) is 2. The smallest absolute Gasteiger partial charge is 0.203 e. The van der Waals surface area contributed by atoms with Crippen LogP contribution in [0.4, 0.5) is 0 Å². The van der Waals surface area contributed by atoms with Crippen molar-refractivity contribution >= 4 is 29.9 Å². The molecule has 0 saturated heterocycles. The van der Waals surface area contributed by atoms with E-state index in [0.29, 0.717) is 30.3 Å². The van der Waals surface area contributed by atoms with E-state index in [2.05, 4.69) is 34.6 Å². The summed E-state index contributed by atoms with van der Waals surface area (Å²) in [5.41, 5.74) is 3.12. The summed E-state index contributed by atoms with van der Waals surface area (Å²) in [6.07, 6.45) is 2.39. The van der Waals surface area contributed by atoms with Crippen molar-refractivity contribution in [1.29, 1.82) is 0 Å². The molecule has 2 aromatic rings. The number of guanidine groups is 1. The van der Waals surface area contributed by atoms with Gasteiger partial charge < -0.3 is 29.4 Å². The minimum atomic E-state index is 0. The summed E-state index contributed by atoms with van der Waals surface area (Å²) in [6.45, 7) is 5.43. The number of nitrogens with zero attached hydrogens (tertiary/aromatic N) is 2. The van der Waals surface area contributed by atoms with Gasteiger partial charge in [-0.15, -0.1) is 24.0 Å². The van der Waals surface area contributed by atoms with Crippen molar-refractivity contribution < 1.29 is 18.7 Å². The summed E-state index contributed by atoms with van der Waals surface area (Å²) in [5.74, 6) is 3.56. The molecule has 0 amide bonds. The van der Waals surface area contributed by atoms with Gasteiger partial charge >= 0.3 is 0 Å². The Balaban J connectivity index is 0.00000450. The fourth-order valence-corrected chi connectivity index (χ4v) is 3.21. The molecule has 0 saturated carbocycles. The first-order valence-electron chi connectivity index (χ1n) is 9.81. The van der Waals surface area contributed by atoms with Crippen LogP contribution in [0.3, 0.4) is 0 Å². The van der Waals surface area contributed by atoms with Gasteiger partial charge in [0.25, 0.3) is 0 Å². The lowest BCUT2D eigenvalue weighted by atomic mass is 10.1. The van der Waals surface area contributed by atoms with Crippen molar-refractivity contribution in [1.82, 2.24) is 15.8 Å². The summed E-state index contributed by atoms with van der Waals surface area (Å²) in [4.78, 5) is 4.30. The first-order valence-corrected chi connectivity index (χ1v) is 9.81. The van der Waals surface area contributed by atoms with Crippen molar-refractivity contribution in [2.24, 2.45) is 4.99 Å². The van der Waals surface area contributed by atoms with Crippen molar-refractivity contribution in [3.05, 3.63) is 34.7 Å². The monoisotopic (exact) mass is 532 g/mol. The zero-order chi connectivity index (χ0) is 21.2. The summed E-state index contributed by atoms with van der Waals surface area (Å²) < 4.78 is 21.8. The third-order valence-electron chi connectivity index (χ3n) is 4.74. The molecule has 8 nitrogen and oxygen atoms in total. The molecule has 0 fully saturated rings.